The summed E-state index contributed by atoms with van der Waals surface area (Å²) in [5, 5.41) is 10.8. The molecule has 3 nitrogen and oxygen atoms in total. The second-order valence-corrected chi connectivity index (χ2v) is 8.03. The lowest BCUT2D eigenvalue weighted by atomic mass is 10.1. The van der Waals surface area contributed by atoms with Gasteiger partial charge >= 0.3 is 0 Å². The number of hydrogen-bond donors (Lipinski definition) is 1. The predicted molar refractivity (Wildman–Crippen MR) is 109 cm³/mol. The average Bonchev–Trinajstić information content (AvgIpc) is 3.03. The van der Waals surface area contributed by atoms with Crippen molar-refractivity contribution in [2.24, 2.45) is 0 Å². The molecule has 1 fully saturated rings. The normalized spacial score (nSPS) is 17.9. The molecule has 2 aromatic carbocycles. The SMILES string of the molecule is CN1CCC[C@H]1CCN(Cc1ccc(Cl)cc1)Cc1ccc(O)c(Cl)c1. The highest BCUT2D eigenvalue weighted by Crippen LogP contribution is 2.25. The molecule has 0 aliphatic carbocycles. The Morgan fingerprint density at radius 3 is 2.42 bits per heavy atom. The minimum absolute atomic E-state index is 0.132. The molecule has 1 heterocycles. The van der Waals surface area contributed by atoms with Gasteiger partial charge in [0.05, 0.1) is 5.02 Å². The number of halogens is 2. The molecule has 2 aromatic rings. The third-order valence-electron chi connectivity index (χ3n) is 5.19. The van der Waals surface area contributed by atoms with Crippen LogP contribution >= 0.6 is 23.2 Å². The number of phenols is 1. The van der Waals surface area contributed by atoms with E-state index in [0.717, 1.165) is 36.6 Å². The average molecular weight is 393 g/mol. The quantitative estimate of drug-likeness (QED) is 0.702. The van der Waals surface area contributed by atoms with Crippen molar-refractivity contribution in [1.29, 1.82) is 0 Å². The summed E-state index contributed by atoms with van der Waals surface area (Å²) >= 11 is 12.1. The first-order valence-corrected chi connectivity index (χ1v) is 9.91. The molecule has 26 heavy (non-hydrogen) atoms. The second kappa shape index (κ2) is 9.09. The third-order valence-corrected chi connectivity index (χ3v) is 5.74. The van der Waals surface area contributed by atoms with Crippen molar-refractivity contribution in [3.05, 3.63) is 63.6 Å². The Morgan fingerprint density at radius 2 is 1.77 bits per heavy atom. The summed E-state index contributed by atoms with van der Waals surface area (Å²) in [6.45, 7) is 3.90. The molecule has 1 saturated heterocycles. The van der Waals surface area contributed by atoms with Crippen molar-refractivity contribution >= 4 is 23.2 Å². The molecule has 1 aliphatic rings. The van der Waals surface area contributed by atoms with Crippen molar-refractivity contribution in [2.75, 3.05) is 20.1 Å². The molecule has 0 amide bonds. The Kier molecular flexibility index (Phi) is 6.82. The molecule has 0 spiro atoms. The van der Waals surface area contributed by atoms with E-state index in [4.69, 9.17) is 23.2 Å². The van der Waals surface area contributed by atoms with Crippen LogP contribution in [0.15, 0.2) is 42.5 Å². The maximum atomic E-state index is 9.65. The fourth-order valence-electron chi connectivity index (χ4n) is 3.64. The van der Waals surface area contributed by atoms with Gasteiger partial charge in [-0.3, -0.25) is 4.90 Å². The van der Waals surface area contributed by atoms with Gasteiger partial charge in [-0.15, -0.1) is 0 Å². The molecular weight excluding hydrogens is 367 g/mol. The van der Waals surface area contributed by atoms with E-state index in [1.807, 2.05) is 24.3 Å². The highest BCUT2D eigenvalue weighted by Gasteiger charge is 2.21. The lowest BCUT2D eigenvalue weighted by molar-refractivity contribution is 0.211. The number of aromatic hydroxyl groups is 1. The predicted octanol–water partition coefficient (Wildman–Crippen LogP) is 5.19. The number of hydrogen-bond acceptors (Lipinski definition) is 3. The molecule has 0 radical (unpaired) electrons. The Labute approximate surface area is 166 Å². The van der Waals surface area contributed by atoms with Gasteiger partial charge < -0.3 is 10.0 Å². The summed E-state index contributed by atoms with van der Waals surface area (Å²) in [5.74, 6) is 0.132. The molecule has 0 aromatic heterocycles. The highest BCUT2D eigenvalue weighted by molar-refractivity contribution is 6.32. The van der Waals surface area contributed by atoms with E-state index < -0.39 is 0 Å². The smallest absolute Gasteiger partial charge is 0.134 e. The van der Waals surface area contributed by atoms with Crippen LogP contribution in [0.3, 0.4) is 0 Å². The largest absolute Gasteiger partial charge is 0.506 e. The summed E-state index contributed by atoms with van der Waals surface area (Å²) in [4.78, 5) is 4.91. The zero-order chi connectivity index (χ0) is 18.5. The van der Waals surface area contributed by atoms with Gasteiger partial charge in [0.1, 0.15) is 5.75 Å². The first-order chi connectivity index (χ1) is 12.5. The first kappa shape index (κ1) is 19.5. The monoisotopic (exact) mass is 392 g/mol. The van der Waals surface area contributed by atoms with Crippen LogP contribution < -0.4 is 0 Å². The van der Waals surface area contributed by atoms with Crippen molar-refractivity contribution in [3.63, 3.8) is 0 Å². The Balaban J connectivity index is 1.69. The van der Waals surface area contributed by atoms with Crippen LogP contribution in [0.4, 0.5) is 0 Å². The van der Waals surface area contributed by atoms with Gasteiger partial charge in [-0.25, -0.2) is 0 Å². The van der Waals surface area contributed by atoms with E-state index in [0.29, 0.717) is 11.1 Å². The number of rotatable bonds is 7. The molecule has 1 N–H and O–H groups in total. The Hall–Kier alpha value is -1.26. The van der Waals surface area contributed by atoms with E-state index in [1.165, 1.54) is 24.9 Å². The lowest BCUT2D eigenvalue weighted by Gasteiger charge is -2.26. The van der Waals surface area contributed by atoms with Gasteiger partial charge in [-0.2, -0.15) is 0 Å². The molecule has 3 rings (SSSR count). The molecule has 1 aliphatic heterocycles. The van der Waals surface area contributed by atoms with Crippen LogP contribution in [0.5, 0.6) is 5.75 Å². The highest BCUT2D eigenvalue weighted by atomic mass is 35.5. The number of likely N-dealkylation sites (tertiary alicyclic amines) is 1. The molecule has 140 valence electrons. The minimum atomic E-state index is 0.132. The summed E-state index contributed by atoms with van der Waals surface area (Å²) in [6.07, 6.45) is 3.75. The van der Waals surface area contributed by atoms with Gasteiger partial charge in [0.2, 0.25) is 0 Å². The summed E-state index contributed by atoms with van der Waals surface area (Å²) in [6, 6.07) is 14.2. The van der Waals surface area contributed by atoms with Crippen molar-refractivity contribution < 1.29 is 5.11 Å². The topological polar surface area (TPSA) is 26.7 Å². The summed E-state index contributed by atoms with van der Waals surface area (Å²) < 4.78 is 0. The zero-order valence-corrected chi connectivity index (χ0v) is 16.7. The van der Waals surface area contributed by atoms with Crippen LogP contribution in [0.1, 0.15) is 30.4 Å². The first-order valence-electron chi connectivity index (χ1n) is 9.15. The standard InChI is InChI=1S/C21H26Cl2N2O/c1-24-11-2-3-19(24)10-12-25(14-16-4-7-18(22)8-5-16)15-17-6-9-21(26)20(23)13-17/h4-9,13,19,26H,2-3,10-12,14-15H2,1H3/t19-/m0/s1. The molecule has 0 bridgehead atoms. The van der Waals surface area contributed by atoms with Crippen LogP contribution in [-0.2, 0) is 13.1 Å². The molecule has 0 saturated carbocycles. The fraction of sp³-hybridized carbons (Fsp3) is 0.429. The van der Waals surface area contributed by atoms with Crippen molar-refractivity contribution in [1.82, 2.24) is 9.80 Å². The van der Waals surface area contributed by atoms with E-state index in [2.05, 4.69) is 29.0 Å². The van der Waals surface area contributed by atoms with E-state index in [1.54, 1.807) is 6.07 Å². The number of phenolic OH excluding ortho intramolecular Hbond substituents is 1. The zero-order valence-electron chi connectivity index (χ0n) is 15.2. The number of benzene rings is 2. The van der Waals surface area contributed by atoms with Crippen LogP contribution in [0, 0.1) is 0 Å². The molecule has 5 heteroatoms. The van der Waals surface area contributed by atoms with Crippen molar-refractivity contribution in [3.8, 4) is 5.75 Å². The van der Waals surface area contributed by atoms with Crippen molar-refractivity contribution in [2.45, 2.75) is 38.4 Å². The van der Waals surface area contributed by atoms with Crippen LogP contribution in [0.25, 0.3) is 0 Å². The third kappa shape index (κ3) is 5.37. The van der Waals surface area contributed by atoms with Gasteiger partial charge in [-0.05, 0) is 68.2 Å². The second-order valence-electron chi connectivity index (χ2n) is 7.19. The fourth-order valence-corrected chi connectivity index (χ4v) is 3.97. The summed E-state index contributed by atoms with van der Waals surface area (Å²) in [7, 11) is 2.22. The van der Waals surface area contributed by atoms with E-state index in [-0.39, 0.29) is 5.75 Å². The van der Waals surface area contributed by atoms with Crippen LogP contribution in [-0.4, -0.2) is 41.1 Å². The molecule has 1 atom stereocenters. The van der Waals surface area contributed by atoms with Gasteiger partial charge in [0.25, 0.3) is 0 Å². The number of nitrogens with zero attached hydrogens (tertiary/aromatic N) is 2. The van der Waals surface area contributed by atoms with Gasteiger partial charge in [-0.1, -0.05) is 41.4 Å². The van der Waals surface area contributed by atoms with Crippen LogP contribution in [0.2, 0.25) is 10.0 Å². The maximum absolute atomic E-state index is 9.65. The Bertz CT molecular complexity index is 720. The van der Waals surface area contributed by atoms with Gasteiger partial charge in [0, 0.05) is 30.7 Å². The van der Waals surface area contributed by atoms with Gasteiger partial charge in [0.15, 0.2) is 0 Å². The van der Waals surface area contributed by atoms with E-state index in [9.17, 15) is 5.11 Å². The maximum Gasteiger partial charge on any atom is 0.134 e. The molecule has 0 unspecified atom stereocenters. The summed E-state index contributed by atoms with van der Waals surface area (Å²) in [5.41, 5.74) is 2.36. The van der Waals surface area contributed by atoms with E-state index >= 15 is 0 Å². The Morgan fingerprint density at radius 1 is 1.08 bits per heavy atom. The lowest BCUT2D eigenvalue weighted by Crippen LogP contribution is -2.31. The molecular formula is C21H26Cl2N2O. The minimum Gasteiger partial charge on any atom is -0.506 e.